The summed E-state index contributed by atoms with van der Waals surface area (Å²) in [7, 11) is 0. The highest BCUT2D eigenvalue weighted by atomic mass is 35.5. The number of carbonyl (C=O) groups excluding carboxylic acids is 2. The number of hydrogen-bond acceptors (Lipinski definition) is 3. The number of carbonyl (C=O) groups is 3. The summed E-state index contributed by atoms with van der Waals surface area (Å²) >= 11 is 5.86. The van der Waals surface area contributed by atoms with E-state index in [1.165, 1.54) is 11.8 Å². The van der Waals surface area contributed by atoms with Gasteiger partial charge in [0.25, 0.3) is 0 Å². The highest BCUT2D eigenvalue weighted by Crippen LogP contribution is 2.24. The lowest BCUT2D eigenvalue weighted by Crippen LogP contribution is -2.42. The third kappa shape index (κ3) is 4.45. The topological polar surface area (TPSA) is 86.7 Å². The molecule has 1 aliphatic heterocycles. The van der Waals surface area contributed by atoms with Gasteiger partial charge in [0.2, 0.25) is 11.8 Å². The second-order valence-corrected chi connectivity index (χ2v) is 6.03. The number of likely N-dealkylation sites (tertiary alicyclic amines) is 1. The fourth-order valence-corrected chi connectivity index (χ4v) is 2.93. The quantitative estimate of drug-likeness (QED) is 0.859. The molecule has 0 aromatic heterocycles. The number of benzene rings is 1. The summed E-state index contributed by atoms with van der Waals surface area (Å²) in [5.41, 5.74) is 0.754. The lowest BCUT2D eigenvalue weighted by atomic mass is 10.0. The molecule has 1 aromatic carbocycles. The second-order valence-electron chi connectivity index (χ2n) is 5.59. The lowest BCUT2D eigenvalue weighted by molar-refractivity contribution is -0.148. The van der Waals surface area contributed by atoms with Crippen LogP contribution < -0.4 is 5.32 Å². The third-order valence-corrected chi connectivity index (χ3v) is 4.14. The Hall–Kier alpha value is -2.08. The van der Waals surface area contributed by atoms with Crippen LogP contribution in [0.1, 0.15) is 37.8 Å². The monoisotopic (exact) mass is 338 g/mol. The molecule has 0 radical (unpaired) electrons. The van der Waals surface area contributed by atoms with Gasteiger partial charge in [0, 0.05) is 18.5 Å². The van der Waals surface area contributed by atoms with Crippen LogP contribution >= 0.6 is 11.6 Å². The van der Waals surface area contributed by atoms with Gasteiger partial charge in [0.05, 0.1) is 12.5 Å². The van der Waals surface area contributed by atoms with Crippen LogP contribution in [0.4, 0.5) is 0 Å². The Morgan fingerprint density at radius 1 is 1.35 bits per heavy atom. The molecule has 1 fully saturated rings. The number of amides is 2. The summed E-state index contributed by atoms with van der Waals surface area (Å²) in [6, 6.07) is 5.58. The van der Waals surface area contributed by atoms with Crippen LogP contribution in [-0.4, -0.2) is 40.4 Å². The zero-order chi connectivity index (χ0) is 17.0. The van der Waals surface area contributed by atoms with E-state index < -0.39 is 18.1 Å². The molecule has 2 rings (SSSR count). The maximum atomic E-state index is 12.5. The third-order valence-electron chi connectivity index (χ3n) is 3.89. The van der Waals surface area contributed by atoms with Crippen LogP contribution in [0.15, 0.2) is 24.3 Å². The molecule has 0 bridgehead atoms. The number of hydrogen-bond donors (Lipinski definition) is 2. The van der Waals surface area contributed by atoms with Crippen molar-refractivity contribution in [2.24, 2.45) is 0 Å². The van der Waals surface area contributed by atoms with Crippen molar-refractivity contribution in [1.29, 1.82) is 0 Å². The van der Waals surface area contributed by atoms with Crippen molar-refractivity contribution in [2.45, 2.75) is 38.3 Å². The van der Waals surface area contributed by atoms with Gasteiger partial charge in [-0.3, -0.25) is 9.59 Å². The summed E-state index contributed by atoms with van der Waals surface area (Å²) in [6.07, 6.45) is 1.16. The summed E-state index contributed by atoms with van der Waals surface area (Å²) in [5, 5.41) is 12.5. The Bertz CT molecular complexity index is 603. The van der Waals surface area contributed by atoms with E-state index in [-0.39, 0.29) is 18.2 Å². The number of carboxylic acid groups (broad SMARTS) is 1. The highest BCUT2D eigenvalue weighted by molar-refractivity contribution is 6.30. The first-order valence-corrected chi connectivity index (χ1v) is 7.81. The smallest absolute Gasteiger partial charge is 0.326 e. The molecule has 1 aliphatic rings. The first-order chi connectivity index (χ1) is 10.9. The van der Waals surface area contributed by atoms with Crippen LogP contribution in [0.3, 0.4) is 0 Å². The van der Waals surface area contributed by atoms with Crippen molar-refractivity contribution in [3.63, 3.8) is 0 Å². The van der Waals surface area contributed by atoms with Gasteiger partial charge in [-0.1, -0.05) is 23.7 Å². The molecule has 23 heavy (non-hydrogen) atoms. The molecule has 2 atom stereocenters. The molecular formula is C16H19ClN2O4. The van der Waals surface area contributed by atoms with E-state index in [9.17, 15) is 19.5 Å². The van der Waals surface area contributed by atoms with Gasteiger partial charge in [0.1, 0.15) is 6.04 Å². The largest absolute Gasteiger partial charge is 0.480 e. The standard InChI is InChI=1S/C16H19ClN2O4/c1-10(20)18-13(11-4-6-12(17)7-5-11)9-15(21)19-8-2-3-14(19)16(22)23/h4-7,13-14H,2-3,8-9H2,1H3,(H,18,20)(H,22,23)/t13?,14-/m0/s1. The van der Waals surface area contributed by atoms with Crippen molar-refractivity contribution >= 4 is 29.4 Å². The molecule has 0 saturated carbocycles. The Morgan fingerprint density at radius 3 is 2.57 bits per heavy atom. The number of nitrogens with one attached hydrogen (secondary N) is 1. The van der Waals surface area contributed by atoms with Crippen molar-refractivity contribution in [3.05, 3.63) is 34.9 Å². The minimum Gasteiger partial charge on any atom is -0.480 e. The maximum Gasteiger partial charge on any atom is 0.326 e. The van der Waals surface area contributed by atoms with Gasteiger partial charge in [0.15, 0.2) is 0 Å². The SMILES string of the molecule is CC(=O)NC(CC(=O)N1CCC[C@H]1C(=O)O)c1ccc(Cl)cc1. The Labute approximate surface area is 139 Å². The normalized spacial score (nSPS) is 18.5. The van der Waals surface area contributed by atoms with Crippen LogP contribution in [0, 0.1) is 0 Å². The molecule has 2 amide bonds. The van der Waals surface area contributed by atoms with Gasteiger partial charge >= 0.3 is 5.97 Å². The number of carboxylic acids is 1. The van der Waals surface area contributed by atoms with E-state index >= 15 is 0 Å². The van der Waals surface area contributed by atoms with Crippen LogP contribution in [0.5, 0.6) is 0 Å². The Kier molecular flexibility index (Phi) is 5.60. The molecule has 2 N–H and O–H groups in total. The maximum absolute atomic E-state index is 12.5. The van der Waals surface area contributed by atoms with E-state index in [4.69, 9.17) is 11.6 Å². The van der Waals surface area contributed by atoms with Crippen molar-refractivity contribution in [2.75, 3.05) is 6.54 Å². The van der Waals surface area contributed by atoms with E-state index in [0.717, 1.165) is 5.56 Å². The predicted molar refractivity (Wildman–Crippen MR) is 85.0 cm³/mol. The molecule has 0 spiro atoms. The van der Waals surface area contributed by atoms with Crippen LogP contribution in [0.25, 0.3) is 0 Å². The average molecular weight is 339 g/mol. The van der Waals surface area contributed by atoms with Gasteiger partial charge in [-0.2, -0.15) is 0 Å². The van der Waals surface area contributed by atoms with E-state index in [1.54, 1.807) is 24.3 Å². The first-order valence-electron chi connectivity index (χ1n) is 7.43. The number of aliphatic carboxylic acids is 1. The van der Waals surface area contributed by atoms with Gasteiger partial charge in [-0.05, 0) is 30.5 Å². The highest BCUT2D eigenvalue weighted by Gasteiger charge is 2.34. The van der Waals surface area contributed by atoms with Crippen molar-refractivity contribution < 1.29 is 19.5 Å². The predicted octanol–water partition coefficient (Wildman–Crippen LogP) is 1.98. The molecule has 1 aromatic rings. The van der Waals surface area contributed by atoms with E-state index in [0.29, 0.717) is 24.4 Å². The fraction of sp³-hybridized carbons (Fsp3) is 0.438. The number of rotatable bonds is 5. The fourth-order valence-electron chi connectivity index (χ4n) is 2.81. The average Bonchev–Trinajstić information content (AvgIpc) is 2.96. The molecule has 1 heterocycles. The van der Waals surface area contributed by atoms with Gasteiger partial charge in [-0.25, -0.2) is 4.79 Å². The summed E-state index contributed by atoms with van der Waals surface area (Å²) in [6.45, 7) is 1.81. The Balaban J connectivity index is 2.14. The summed E-state index contributed by atoms with van der Waals surface area (Å²) in [4.78, 5) is 36.5. The van der Waals surface area contributed by atoms with Crippen LogP contribution in [0.2, 0.25) is 5.02 Å². The molecule has 0 aliphatic carbocycles. The molecule has 7 heteroatoms. The zero-order valence-electron chi connectivity index (χ0n) is 12.8. The molecular weight excluding hydrogens is 320 g/mol. The van der Waals surface area contributed by atoms with Gasteiger partial charge < -0.3 is 15.3 Å². The molecule has 124 valence electrons. The zero-order valence-corrected chi connectivity index (χ0v) is 13.5. The summed E-state index contributed by atoms with van der Waals surface area (Å²) in [5.74, 6) is -1.52. The Morgan fingerprint density at radius 2 is 2.00 bits per heavy atom. The van der Waals surface area contributed by atoms with Crippen molar-refractivity contribution in [3.8, 4) is 0 Å². The van der Waals surface area contributed by atoms with E-state index in [2.05, 4.69) is 5.32 Å². The second kappa shape index (κ2) is 7.46. The number of halogens is 1. The molecule has 6 nitrogen and oxygen atoms in total. The van der Waals surface area contributed by atoms with E-state index in [1.807, 2.05) is 0 Å². The van der Waals surface area contributed by atoms with Crippen LogP contribution in [-0.2, 0) is 14.4 Å². The lowest BCUT2D eigenvalue weighted by Gasteiger charge is -2.25. The first kappa shape index (κ1) is 17.3. The molecule has 1 saturated heterocycles. The van der Waals surface area contributed by atoms with Crippen molar-refractivity contribution in [1.82, 2.24) is 10.2 Å². The minimum absolute atomic E-state index is 0.0188. The number of nitrogens with zero attached hydrogens (tertiary/aromatic N) is 1. The summed E-state index contributed by atoms with van der Waals surface area (Å²) < 4.78 is 0. The minimum atomic E-state index is -0.988. The van der Waals surface area contributed by atoms with Gasteiger partial charge in [-0.15, -0.1) is 0 Å². The molecule has 1 unspecified atom stereocenters.